The predicted octanol–water partition coefficient (Wildman–Crippen LogP) is 3.92. The molecule has 2 aliphatic rings. The first kappa shape index (κ1) is 21.4. The van der Waals surface area contributed by atoms with Gasteiger partial charge < -0.3 is 21.1 Å². The van der Waals surface area contributed by atoms with Crippen LogP contribution in [0.5, 0.6) is 5.75 Å². The highest BCUT2D eigenvalue weighted by molar-refractivity contribution is 5.53. The second-order valence-corrected chi connectivity index (χ2v) is 8.71. The molecule has 0 spiro atoms. The number of para-hydroxylation sites is 1. The molecule has 2 bridgehead atoms. The maximum Gasteiger partial charge on any atom is 0.224 e. The maximum atomic E-state index is 9.49. The first-order valence-corrected chi connectivity index (χ1v) is 11.4. The number of benzene rings is 1. The van der Waals surface area contributed by atoms with Crippen molar-refractivity contribution in [3.05, 3.63) is 41.6 Å². The number of nitriles is 1. The summed E-state index contributed by atoms with van der Waals surface area (Å²) in [5, 5.41) is 16.2. The molecule has 1 aromatic carbocycles. The van der Waals surface area contributed by atoms with Crippen molar-refractivity contribution in [3.8, 4) is 11.8 Å². The number of nitrogens with one attached hydrogen (secondary N) is 2. The van der Waals surface area contributed by atoms with Crippen LogP contribution in [-0.2, 0) is 6.54 Å². The van der Waals surface area contributed by atoms with Crippen LogP contribution >= 0.6 is 0 Å². The van der Waals surface area contributed by atoms with Crippen molar-refractivity contribution in [1.82, 2.24) is 9.97 Å². The first-order valence-electron chi connectivity index (χ1n) is 11.4. The monoisotopic (exact) mass is 420 g/mol. The average molecular weight is 421 g/mol. The maximum absolute atomic E-state index is 9.49. The van der Waals surface area contributed by atoms with Gasteiger partial charge in [0.05, 0.1) is 12.8 Å². The van der Waals surface area contributed by atoms with Crippen LogP contribution in [0.1, 0.15) is 50.2 Å². The zero-order valence-electron chi connectivity index (χ0n) is 18.2. The van der Waals surface area contributed by atoms with Crippen LogP contribution in [0.25, 0.3) is 0 Å². The molecule has 4 atom stereocenters. The summed E-state index contributed by atoms with van der Waals surface area (Å²) in [4.78, 5) is 8.89. The van der Waals surface area contributed by atoms with Gasteiger partial charge in [-0.25, -0.2) is 4.98 Å². The summed E-state index contributed by atoms with van der Waals surface area (Å²) < 4.78 is 5.69. The molecule has 4 N–H and O–H groups in total. The number of aromatic nitrogens is 2. The molecule has 2 saturated carbocycles. The standard InChI is InChI=1S/C24H32N6O/c1-2-31-21-9-4-3-6-19(21)14-28-24-29-15-20(12-25)23(30-24)27-13-16-10-17-7-5-8-18(11-16)22(17)26/h3-4,6,9,15-18,22H,2,5,7-8,10-11,13-14,26H2,1H3,(H2,27,28,29,30)/t16?,17-,18+,22?. The van der Waals surface area contributed by atoms with Crippen LogP contribution in [0.4, 0.5) is 11.8 Å². The number of fused-ring (bicyclic) bond motifs is 2. The summed E-state index contributed by atoms with van der Waals surface area (Å²) in [6.07, 6.45) is 7.73. The molecule has 2 unspecified atom stereocenters. The van der Waals surface area contributed by atoms with Gasteiger partial charge >= 0.3 is 0 Å². The predicted molar refractivity (Wildman–Crippen MR) is 122 cm³/mol. The lowest BCUT2D eigenvalue weighted by Gasteiger charge is -2.44. The van der Waals surface area contributed by atoms with Gasteiger partial charge in [-0.05, 0) is 56.4 Å². The SMILES string of the molecule is CCOc1ccccc1CNc1ncc(C#N)c(NCC2C[C@H]3CCC[C@@H](C2)C3N)n1. The number of nitrogens with two attached hydrogens (primary N) is 1. The van der Waals surface area contributed by atoms with Gasteiger partial charge in [-0.1, -0.05) is 24.6 Å². The third kappa shape index (κ3) is 5.08. The molecule has 7 heteroatoms. The highest BCUT2D eigenvalue weighted by atomic mass is 16.5. The number of ether oxygens (including phenoxy) is 1. The van der Waals surface area contributed by atoms with Gasteiger partial charge in [0.1, 0.15) is 23.2 Å². The third-order valence-corrected chi connectivity index (χ3v) is 6.69. The fraction of sp³-hybridized carbons (Fsp3) is 0.542. The van der Waals surface area contributed by atoms with Crippen molar-refractivity contribution in [2.24, 2.45) is 23.5 Å². The van der Waals surface area contributed by atoms with Crippen LogP contribution in [0.15, 0.2) is 30.5 Å². The van der Waals surface area contributed by atoms with Gasteiger partial charge in [0, 0.05) is 24.7 Å². The van der Waals surface area contributed by atoms with E-state index in [4.69, 9.17) is 10.5 Å². The van der Waals surface area contributed by atoms with Gasteiger partial charge in [-0.15, -0.1) is 0 Å². The Bertz CT molecular complexity index is 913. The lowest BCUT2D eigenvalue weighted by Crippen LogP contribution is -2.47. The topological polar surface area (TPSA) is 109 Å². The minimum absolute atomic E-state index is 0.370. The summed E-state index contributed by atoms with van der Waals surface area (Å²) in [6.45, 7) is 3.95. The molecule has 2 aromatic rings. The van der Waals surface area contributed by atoms with Crippen molar-refractivity contribution in [2.75, 3.05) is 23.8 Å². The van der Waals surface area contributed by atoms with Crippen molar-refractivity contribution in [1.29, 1.82) is 5.26 Å². The van der Waals surface area contributed by atoms with E-state index in [0.717, 1.165) is 30.7 Å². The number of hydrogen-bond donors (Lipinski definition) is 3. The van der Waals surface area contributed by atoms with Crippen molar-refractivity contribution < 1.29 is 4.74 Å². The molecule has 0 radical (unpaired) electrons. The molecule has 1 aromatic heterocycles. The minimum Gasteiger partial charge on any atom is -0.494 e. The smallest absolute Gasteiger partial charge is 0.224 e. The second kappa shape index (κ2) is 9.97. The molecule has 31 heavy (non-hydrogen) atoms. The number of anilines is 2. The van der Waals surface area contributed by atoms with Gasteiger partial charge in [0.25, 0.3) is 0 Å². The van der Waals surface area contributed by atoms with Gasteiger partial charge in [0.2, 0.25) is 5.95 Å². The minimum atomic E-state index is 0.370. The Morgan fingerprint density at radius 2 is 1.97 bits per heavy atom. The number of nitrogens with zero attached hydrogens (tertiary/aromatic N) is 3. The zero-order chi connectivity index (χ0) is 21.6. The molecule has 4 rings (SSSR count). The second-order valence-electron chi connectivity index (χ2n) is 8.71. The highest BCUT2D eigenvalue weighted by Crippen LogP contribution is 2.41. The molecule has 1 heterocycles. The van der Waals surface area contributed by atoms with E-state index in [1.165, 1.54) is 19.3 Å². The van der Waals surface area contributed by atoms with Crippen LogP contribution in [0.2, 0.25) is 0 Å². The van der Waals surface area contributed by atoms with Crippen molar-refractivity contribution >= 4 is 11.8 Å². The molecule has 0 amide bonds. The normalized spacial score (nSPS) is 24.8. The summed E-state index contributed by atoms with van der Waals surface area (Å²) >= 11 is 0. The molecular formula is C24H32N6O. The number of hydrogen-bond acceptors (Lipinski definition) is 7. The molecule has 2 aliphatic carbocycles. The Hall–Kier alpha value is -2.85. The molecule has 7 nitrogen and oxygen atoms in total. The highest BCUT2D eigenvalue weighted by Gasteiger charge is 2.37. The summed E-state index contributed by atoms with van der Waals surface area (Å²) in [6, 6.07) is 10.5. The summed E-state index contributed by atoms with van der Waals surface area (Å²) in [7, 11) is 0. The Morgan fingerprint density at radius 3 is 2.71 bits per heavy atom. The Kier molecular flexibility index (Phi) is 6.88. The third-order valence-electron chi connectivity index (χ3n) is 6.69. The zero-order valence-corrected chi connectivity index (χ0v) is 18.2. The largest absolute Gasteiger partial charge is 0.494 e. The van der Waals surface area contributed by atoms with Crippen LogP contribution < -0.4 is 21.1 Å². The Morgan fingerprint density at radius 1 is 1.19 bits per heavy atom. The van der Waals surface area contributed by atoms with Gasteiger partial charge in [0.15, 0.2) is 0 Å². The van der Waals surface area contributed by atoms with E-state index in [0.29, 0.717) is 54.3 Å². The summed E-state index contributed by atoms with van der Waals surface area (Å²) in [5.41, 5.74) is 7.93. The van der Waals surface area contributed by atoms with Gasteiger partial charge in [-0.2, -0.15) is 10.2 Å². The Balaban J connectivity index is 1.39. The quantitative estimate of drug-likeness (QED) is 0.594. The van der Waals surface area contributed by atoms with Gasteiger partial charge in [-0.3, -0.25) is 0 Å². The number of rotatable bonds is 8. The Labute approximate surface area is 184 Å². The van der Waals surface area contributed by atoms with E-state index in [2.05, 4.69) is 26.7 Å². The van der Waals surface area contributed by atoms with E-state index in [-0.39, 0.29) is 0 Å². The van der Waals surface area contributed by atoms with Crippen LogP contribution in [0.3, 0.4) is 0 Å². The molecule has 164 valence electrons. The van der Waals surface area contributed by atoms with E-state index in [9.17, 15) is 5.26 Å². The molecule has 0 aliphatic heterocycles. The van der Waals surface area contributed by atoms with E-state index in [1.807, 2.05) is 31.2 Å². The van der Waals surface area contributed by atoms with E-state index >= 15 is 0 Å². The lowest BCUT2D eigenvalue weighted by molar-refractivity contribution is 0.112. The van der Waals surface area contributed by atoms with Crippen molar-refractivity contribution in [3.63, 3.8) is 0 Å². The van der Waals surface area contributed by atoms with E-state index in [1.54, 1.807) is 6.20 Å². The fourth-order valence-electron chi connectivity index (χ4n) is 5.13. The molecular weight excluding hydrogens is 388 g/mol. The fourth-order valence-corrected chi connectivity index (χ4v) is 5.13. The van der Waals surface area contributed by atoms with Crippen LogP contribution in [-0.4, -0.2) is 29.2 Å². The molecule has 0 saturated heterocycles. The molecule has 2 fully saturated rings. The van der Waals surface area contributed by atoms with E-state index < -0.39 is 0 Å². The van der Waals surface area contributed by atoms with Crippen molar-refractivity contribution in [2.45, 2.75) is 51.6 Å². The lowest BCUT2D eigenvalue weighted by atomic mass is 9.65. The van der Waals surface area contributed by atoms with Crippen LogP contribution in [0, 0.1) is 29.1 Å². The summed E-state index contributed by atoms with van der Waals surface area (Å²) in [5.74, 6) is 3.80. The average Bonchev–Trinajstić information content (AvgIpc) is 2.77. The first-order chi connectivity index (χ1) is 15.2.